The second-order valence-corrected chi connectivity index (χ2v) is 10.7. The minimum absolute atomic E-state index is 0.180. The van der Waals surface area contributed by atoms with Gasteiger partial charge in [-0.15, -0.1) is 11.3 Å². The number of benzene rings is 1. The Kier molecular flexibility index (Phi) is 5.78. The molecule has 0 radical (unpaired) electrons. The number of aromatic nitrogens is 1. The van der Waals surface area contributed by atoms with E-state index in [1.54, 1.807) is 11.3 Å². The molecule has 1 amide bonds. The lowest BCUT2D eigenvalue weighted by Crippen LogP contribution is -2.43. The molecule has 5 nitrogen and oxygen atoms in total. The fourth-order valence-electron chi connectivity index (χ4n) is 5.90. The van der Waals surface area contributed by atoms with Crippen LogP contribution in [0.25, 0.3) is 0 Å². The van der Waals surface area contributed by atoms with E-state index in [2.05, 4.69) is 39.0 Å². The number of rotatable bonds is 6. The fraction of sp³-hybridized carbons (Fsp3) is 0.600. The van der Waals surface area contributed by atoms with E-state index in [1.807, 2.05) is 25.4 Å². The number of amides is 1. The number of hydrogen-bond acceptors (Lipinski definition) is 5. The topological polar surface area (TPSA) is 45.7 Å². The third-order valence-corrected chi connectivity index (χ3v) is 8.20. The minimum Gasteiger partial charge on any atom is -0.491 e. The molecule has 6 heteroatoms. The van der Waals surface area contributed by atoms with Gasteiger partial charge in [-0.25, -0.2) is 4.98 Å². The Labute approximate surface area is 189 Å². The first kappa shape index (κ1) is 21.0. The fourth-order valence-corrected chi connectivity index (χ4v) is 6.75. The molecule has 2 saturated heterocycles. The van der Waals surface area contributed by atoms with Crippen molar-refractivity contribution in [1.29, 1.82) is 0 Å². The Balaban J connectivity index is 1.35. The smallest absolute Gasteiger partial charge is 0.231 e. The molecule has 5 rings (SSSR count). The van der Waals surface area contributed by atoms with Crippen molar-refractivity contribution in [3.8, 4) is 5.75 Å². The molecular formula is C25H33N3O2S. The monoisotopic (exact) mass is 439 g/mol. The molecule has 3 fully saturated rings. The summed E-state index contributed by atoms with van der Waals surface area (Å²) >= 11 is 1.71. The van der Waals surface area contributed by atoms with E-state index in [-0.39, 0.29) is 17.4 Å². The van der Waals surface area contributed by atoms with E-state index in [0.29, 0.717) is 11.9 Å². The maximum atomic E-state index is 13.8. The van der Waals surface area contributed by atoms with Gasteiger partial charge in [0.25, 0.3) is 0 Å². The SMILES string of the molecule is CC(C)Oc1ccc(CN2C[C@@H](c3nccs3)[C@]3(CCN(C4CCCC4)C3=O)C2)cc1. The van der Waals surface area contributed by atoms with Crippen molar-refractivity contribution in [2.24, 2.45) is 5.41 Å². The standard InChI is InChI=1S/C25H33N3O2S/c1-18(2)30-21-9-7-19(8-10-21)15-27-16-22(23-26-12-14-31-23)25(17-27)11-13-28(24(25)29)20-5-3-4-6-20/h7-10,12,14,18,20,22H,3-6,11,13,15-17H2,1-2H3/t22-,25-/m0/s1. The van der Waals surface area contributed by atoms with E-state index in [1.165, 1.54) is 31.2 Å². The lowest BCUT2D eigenvalue weighted by atomic mass is 9.77. The summed E-state index contributed by atoms with van der Waals surface area (Å²) in [6, 6.07) is 8.89. The molecule has 31 heavy (non-hydrogen) atoms. The Morgan fingerprint density at radius 2 is 2.00 bits per heavy atom. The Morgan fingerprint density at radius 1 is 1.23 bits per heavy atom. The van der Waals surface area contributed by atoms with E-state index < -0.39 is 0 Å². The molecular weight excluding hydrogens is 406 g/mol. The van der Waals surface area contributed by atoms with Gasteiger partial charge in [0.05, 0.1) is 16.5 Å². The number of likely N-dealkylation sites (tertiary alicyclic amines) is 2. The van der Waals surface area contributed by atoms with Crippen LogP contribution in [0.5, 0.6) is 5.75 Å². The zero-order valence-corrected chi connectivity index (χ0v) is 19.4. The summed E-state index contributed by atoms with van der Waals surface area (Å²) in [6.07, 6.45) is 7.91. The predicted octanol–water partition coefficient (Wildman–Crippen LogP) is 4.69. The van der Waals surface area contributed by atoms with Gasteiger partial charge >= 0.3 is 0 Å². The molecule has 3 aliphatic rings. The first-order chi connectivity index (χ1) is 15.0. The van der Waals surface area contributed by atoms with E-state index in [0.717, 1.165) is 43.4 Å². The third-order valence-electron chi connectivity index (χ3n) is 7.32. The van der Waals surface area contributed by atoms with Crippen LogP contribution < -0.4 is 4.74 Å². The van der Waals surface area contributed by atoms with Gasteiger partial charge in [-0.2, -0.15) is 0 Å². The van der Waals surface area contributed by atoms with Crippen molar-refractivity contribution in [2.75, 3.05) is 19.6 Å². The second-order valence-electron chi connectivity index (χ2n) is 9.75. The minimum atomic E-state index is -0.304. The number of ether oxygens (including phenoxy) is 1. The van der Waals surface area contributed by atoms with Crippen molar-refractivity contribution in [3.05, 3.63) is 46.4 Å². The molecule has 0 bridgehead atoms. The summed E-state index contributed by atoms with van der Waals surface area (Å²) in [5, 5.41) is 3.18. The number of nitrogens with zero attached hydrogens (tertiary/aromatic N) is 3. The van der Waals surface area contributed by atoms with Crippen molar-refractivity contribution in [1.82, 2.24) is 14.8 Å². The van der Waals surface area contributed by atoms with Crippen molar-refractivity contribution < 1.29 is 9.53 Å². The lowest BCUT2D eigenvalue weighted by molar-refractivity contribution is -0.138. The van der Waals surface area contributed by atoms with Gasteiger partial charge in [-0.05, 0) is 50.8 Å². The molecule has 1 aromatic carbocycles. The summed E-state index contributed by atoms with van der Waals surface area (Å²) in [5.74, 6) is 1.51. The Hall–Kier alpha value is -1.92. The average molecular weight is 440 g/mol. The highest BCUT2D eigenvalue weighted by molar-refractivity contribution is 7.09. The van der Waals surface area contributed by atoms with Crippen LogP contribution in [0.3, 0.4) is 0 Å². The van der Waals surface area contributed by atoms with E-state index in [4.69, 9.17) is 4.74 Å². The quantitative estimate of drug-likeness (QED) is 0.655. The van der Waals surface area contributed by atoms with Gasteiger partial charge in [0.15, 0.2) is 0 Å². The van der Waals surface area contributed by atoms with Crippen molar-refractivity contribution in [2.45, 2.75) is 70.6 Å². The van der Waals surface area contributed by atoms with E-state index >= 15 is 0 Å². The van der Waals surface area contributed by atoms with Gasteiger partial charge in [0.2, 0.25) is 5.91 Å². The van der Waals surface area contributed by atoms with Crippen molar-refractivity contribution in [3.63, 3.8) is 0 Å². The van der Waals surface area contributed by atoms with Crippen molar-refractivity contribution >= 4 is 17.2 Å². The van der Waals surface area contributed by atoms with Crippen LogP contribution in [0.2, 0.25) is 0 Å². The van der Waals surface area contributed by atoms with E-state index in [9.17, 15) is 4.79 Å². The molecule has 1 aromatic heterocycles. The first-order valence-electron chi connectivity index (χ1n) is 11.7. The number of hydrogen-bond donors (Lipinski definition) is 0. The van der Waals surface area contributed by atoms with Crippen LogP contribution >= 0.6 is 11.3 Å². The van der Waals surface area contributed by atoms with Gasteiger partial charge in [-0.1, -0.05) is 25.0 Å². The Bertz CT molecular complexity index is 892. The van der Waals surface area contributed by atoms with Gasteiger partial charge in [0, 0.05) is 49.7 Å². The number of carbonyl (C=O) groups is 1. The maximum absolute atomic E-state index is 13.8. The summed E-state index contributed by atoms with van der Waals surface area (Å²) in [4.78, 5) is 23.2. The highest BCUT2D eigenvalue weighted by Crippen LogP contribution is 2.51. The number of carbonyl (C=O) groups excluding carboxylic acids is 1. The van der Waals surface area contributed by atoms with Crippen LogP contribution in [-0.2, 0) is 11.3 Å². The van der Waals surface area contributed by atoms with Gasteiger partial charge in [-0.3, -0.25) is 9.69 Å². The molecule has 166 valence electrons. The van der Waals surface area contributed by atoms with Crippen LogP contribution in [-0.4, -0.2) is 52.5 Å². The summed E-state index contributed by atoms with van der Waals surface area (Å²) in [5.41, 5.74) is 0.963. The zero-order chi connectivity index (χ0) is 21.4. The molecule has 0 unspecified atom stereocenters. The van der Waals surface area contributed by atoms with Crippen LogP contribution in [0, 0.1) is 5.41 Å². The third kappa shape index (κ3) is 4.00. The molecule has 2 atom stereocenters. The van der Waals surface area contributed by atoms with Crippen LogP contribution in [0.15, 0.2) is 35.8 Å². The molecule has 1 saturated carbocycles. The molecule has 1 aliphatic carbocycles. The van der Waals surface area contributed by atoms with Gasteiger partial charge in [0.1, 0.15) is 5.75 Å². The van der Waals surface area contributed by atoms with Crippen LogP contribution in [0.4, 0.5) is 0 Å². The first-order valence-corrected chi connectivity index (χ1v) is 12.6. The maximum Gasteiger partial charge on any atom is 0.231 e. The lowest BCUT2D eigenvalue weighted by Gasteiger charge is -2.30. The number of thiazole rings is 1. The normalized spacial score (nSPS) is 27.3. The summed E-state index contributed by atoms with van der Waals surface area (Å²) in [6.45, 7) is 7.61. The predicted molar refractivity (Wildman–Crippen MR) is 123 cm³/mol. The van der Waals surface area contributed by atoms with Gasteiger partial charge < -0.3 is 9.64 Å². The van der Waals surface area contributed by atoms with Crippen LogP contribution in [0.1, 0.15) is 62.4 Å². The second kappa shape index (κ2) is 8.55. The largest absolute Gasteiger partial charge is 0.491 e. The highest BCUT2D eigenvalue weighted by Gasteiger charge is 2.58. The molecule has 2 aliphatic heterocycles. The summed E-state index contributed by atoms with van der Waals surface area (Å²) < 4.78 is 5.79. The Morgan fingerprint density at radius 3 is 2.68 bits per heavy atom. The molecule has 3 heterocycles. The summed E-state index contributed by atoms with van der Waals surface area (Å²) in [7, 11) is 0. The zero-order valence-electron chi connectivity index (χ0n) is 18.6. The molecule has 0 N–H and O–H groups in total. The molecule has 1 spiro atoms. The molecule has 2 aromatic rings. The highest BCUT2D eigenvalue weighted by atomic mass is 32.1. The average Bonchev–Trinajstić information content (AvgIpc) is 3.53.